The van der Waals surface area contributed by atoms with Crippen LogP contribution in [0.2, 0.25) is 0 Å². The summed E-state index contributed by atoms with van der Waals surface area (Å²) in [5.74, 6) is 0.577. The molecule has 1 heterocycles. The molecule has 6 heteroatoms. The van der Waals surface area contributed by atoms with Gasteiger partial charge in [0.2, 0.25) is 0 Å². The molecule has 1 aromatic rings. The highest BCUT2D eigenvalue weighted by Crippen LogP contribution is 2.33. The Kier molecular flexibility index (Phi) is 6.18. The van der Waals surface area contributed by atoms with E-state index in [2.05, 4.69) is 10.2 Å². The van der Waals surface area contributed by atoms with E-state index in [1.54, 1.807) is 13.2 Å². The summed E-state index contributed by atoms with van der Waals surface area (Å²) in [5, 5.41) is 12.7. The predicted octanol–water partition coefficient (Wildman–Crippen LogP) is 0.949. The number of piperazine rings is 1. The maximum Gasteiger partial charge on any atom is 0.308 e. The fourth-order valence-corrected chi connectivity index (χ4v) is 2.81. The number of hydrogen-bond donors (Lipinski definition) is 2. The second kappa shape index (κ2) is 8.12. The van der Waals surface area contributed by atoms with E-state index in [-0.39, 0.29) is 18.6 Å². The second-order valence-electron chi connectivity index (χ2n) is 5.32. The average molecular weight is 308 g/mol. The maximum atomic E-state index is 11.1. The molecular weight excluding hydrogens is 284 g/mol. The minimum atomic E-state index is -0.375. The summed E-state index contributed by atoms with van der Waals surface area (Å²) in [6.07, 6.45) is 0.663. The number of aliphatic hydroxyl groups excluding tert-OH is 1. The van der Waals surface area contributed by atoms with E-state index in [9.17, 15) is 9.90 Å². The lowest BCUT2D eigenvalue weighted by atomic mass is 10.0. The summed E-state index contributed by atoms with van der Waals surface area (Å²) >= 11 is 0. The SMILES string of the molecule is COc1cc([C@@H](CCO)N2CCNCC2)ccc1OC(C)=O. The van der Waals surface area contributed by atoms with Gasteiger partial charge in [0, 0.05) is 45.8 Å². The molecule has 0 saturated carbocycles. The predicted molar refractivity (Wildman–Crippen MR) is 83.2 cm³/mol. The fraction of sp³-hybridized carbons (Fsp3) is 0.562. The smallest absolute Gasteiger partial charge is 0.308 e. The van der Waals surface area contributed by atoms with Crippen molar-refractivity contribution >= 4 is 5.97 Å². The van der Waals surface area contributed by atoms with Gasteiger partial charge >= 0.3 is 5.97 Å². The summed E-state index contributed by atoms with van der Waals surface area (Å²) in [7, 11) is 1.55. The van der Waals surface area contributed by atoms with Crippen LogP contribution >= 0.6 is 0 Å². The molecule has 1 aromatic carbocycles. The highest BCUT2D eigenvalue weighted by molar-refractivity contribution is 5.70. The number of aliphatic hydroxyl groups is 1. The molecule has 0 amide bonds. The van der Waals surface area contributed by atoms with Crippen LogP contribution in [0.3, 0.4) is 0 Å². The monoisotopic (exact) mass is 308 g/mol. The molecule has 1 atom stereocenters. The van der Waals surface area contributed by atoms with E-state index in [4.69, 9.17) is 9.47 Å². The summed E-state index contributed by atoms with van der Waals surface area (Å²) in [6, 6.07) is 5.71. The molecule has 1 aliphatic heterocycles. The minimum Gasteiger partial charge on any atom is -0.493 e. The molecule has 1 saturated heterocycles. The van der Waals surface area contributed by atoms with E-state index in [1.165, 1.54) is 6.92 Å². The van der Waals surface area contributed by atoms with Gasteiger partial charge in [-0.3, -0.25) is 9.69 Å². The summed E-state index contributed by atoms with van der Waals surface area (Å²) in [4.78, 5) is 13.5. The third kappa shape index (κ3) is 4.19. The molecule has 1 aliphatic rings. The number of nitrogens with one attached hydrogen (secondary N) is 1. The molecule has 22 heavy (non-hydrogen) atoms. The fourth-order valence-electron chi connectivity index (χ4n) is 2.81. The first-order valence-corrected chi connectivity index (χ1v) is 7.57. The van der Waals surface area contributed by atoms with Crippen LogP contribution in [0.4, 0.5) is 0 Å². The number of ether oxygens (including phenoxy) is 2. The van der Waals surface area contributed by atoms with Crippen molar-refractivity contribution in [1.82, 2.24) is 10.2 Å². The molecule has 2 N–H and O–H groups in total. The van der Waals surface area contributed by atoms with Crippen LogP contribution in [-0.2, 0) is 4.79 Å². The zero-order valence-electron chi connectivity index (χ0n) is 13.2. The maximum absolute atomic E-state index is 11.1. The van der Waals surface area contributed by atoms with Gasteiger partial charge in [0.1, 0.15) is 0 Å². The van der Waals surface area contributed by atoms with Crippen molar-refractivity contribution in [3.8, 4) is 11.5 Å². The highest BCUT2D eigenvalue weighted by atomic mass is 16.6. The number of esters is 1. The van der Waals surface area contributed by atoms with Gasteiger partial charge in [-0.15, -0.1) is 0 Å². The normalized spacial score (nSPS) is 17.0. The molecule has 1 fully saturated rings. The Bertz CT molecular complexity index is 501. The molecule has 0 bridgehead atoms. The highest BCUT2D eigenvalue weighted by Gasteiger charge is 2.23. The lowest BCUT2D eigenvalue weighted by Crippen LogP contribution is -2.45. The zero-order valence-corrected chi connectivity index (χ0v) is 13.2. The van der Waals surface area contributed by atoms with E-state index >= 15 is 0 Å². The first-order valence-electron chi connectivity index (χ1n) is 7.57. The summed E-state index contributed by atoms with van der Waals surface area (Å²) in [6.45, 7) is 5.28. The van der Waals surface area contributed by atoms with Crippen molar-refractivity contribution in [3.63, 3.8) is 0 Å². The Balaban J connectivity index is 2.24. The number of nitrogens with zero attached hydrogens (tertiary/aromatic N) is 1. The second-order valence-corrected chi connectivity index (χ2v) is 5.32. The Hall–Kier alpha value is -1.63. The van der Waals surface area contributed by atoms with Crippen LogP contribution < -0.4 is 14.8 Å². The van der Waals surface area contributed by atoms with E-state index in [0.29, 0.717) is 17.9 Å². The molecule has 0 aliphatic carbocycles. The van der Waals surface area contributed by atoms with Crippen molar-refractivity contribution < 1.29 is 19.4 Å². The Labute approximate surface area is 131 Å². The number of carbonyl (C=O) groups is 1. The van der Waals surface area contributed by atoms with Crippen LogP contribution in [0.5, 0.6) is 11.5 Å². The van der Waals surface area contributed by atoms with Crippen molar-refractivity contribution in [1.29, 1.82) is 0 Å². The number of rotatable bonds is 6. The van der Waals surface area contributed by atoms with Gasteiger partial charge in [0.05, 0.1) is 7.11 Å². The van der Waals surface area contributed by atoms with E-state index in [0.717, 1.165) is 31.7 Å². The van der Waals surface area contributed by atoms with Gasteiger partial charge < -0.3 is 19.9 Å². The third-order valence-electron chi connectivity index (χ3n) is 3.82. The first kappa shape index (κ1) is 16.7. The molecular formula is C16H24N2O4. The van der Waals surface area contributed by atoms with Crippen LogP contribution in [0.1, 0.15) is 24.9 Å². The van der Waals surface area contributed by atoms with Gasteiger partial charge in [-0.1, -0.05) is 6.07 Å². The topological polar surface area (TPSA) is 71.0 Å². The standard InChI is InChI=1S/C16H24N2O4/c1-12(20)22-15-4-3-13(11-16(15)21-2)14(5-10-19)18-8-6-17-7-9-18/h3-4,11,14,17,19H,5-10H2,1-2H3/t14-/m1/s1. The van der Waals surface area contributed by atoms with Crippen LogP contribution in [0.25, 0.3) is 0 Å². The van der Waals surface area contributed by atoms with Crippen molar-refractivity contribution in [2.24, 2.45) is 0 Å². The van der Waals surface area contributed by atoms with Crippen LogP contribution in [0.15, 0.2) is 18.2 Å². The van der Waals surface area contributed by atoms with E-state index < -0.39 is 0 Å². The van der Waals surface area contributed by atoms with Crippen LogP contribution in [0, 0.1) is 0 Å². The molecule has 0 spiro atoms. The number of carbonyl (C=O) groups excluding carboxylic acids is 1. The average Bonchev–Trinajstić information content (AvgIpc) is 2.53. The van der Waals surface area contributed by atoms with Crippen molar-refractivity contribution in [2.75, 3.05) is 39.9 Å². The van der Waals surface area contributed by atoms with Crippen molar-refractivity contribution in [3.05, 3.63) is 23.8 Å². The van der Waals surface area contributed by atoms with Gasteiger partial charge in [0.25, 0.3) is 0 Å². The molecule has 6 nitrogen and oxygen atoms in total. The van der Waals surface area contributed by atoms with Gasteiger partial charge in [-0.05, 0) is 24.1 Å². The molecule has 0 aromatic heterocycles. The third-order valence-corrected chi connectivity index (χ3v) is 3.82. The Morgan fingerprint density at radius 2 is 2.09 bits per heavy atom. The largest absolute Gasteiger partial charge is 0.493 e. The Morgan fingerprint density at radius 1 is 1.36 bits per heavy atom. The zero-order chi connectivity index (χ0) is 15.9. The van der Waals surface area contributed by atoms with Crippen molar-refractivity contribution in [2.45, 2.75) is 19.4 Å². The van der Waals surface area contributed by atoms with E-state index in [1.807, 2.05) is 12.1 Å². The molecule has 122 valence electrons. The Morgan fingerprint density at radius 3 is 2.68 bits per heavy atom. The molecule has 0 unspecified atom stereocenters. The lowest BCUT2D eigenvalue weighted by Gasteiger charge is -2.35. The molecule has 0 radical (unpaired) electrons. The van der Waals surface area contributed by atoms with Gasteiger partial charge in [0.15, 0.2) is 11.5 Å². The van der Waals surface area contributed by atoms with Gasteiger partial charge in [-0.2, -0.15) is 0 Å². The lowest BCUT2D eigenvalue weighted by molar-refractivity contribution is -0.132. The quantitative estimate of drug-likeness (QED) is 0.602. The minimum absolute atomic E-state index is 0.128. The summed E-state index contributed by atoms with van der Waals surface area (Å²) < 4.78 is 10.5. The number of benzene rings is 1. The van der Waals surface area contributed by atoms with Crippen LogP contribution in [-0.4, -0.2) is 55.9 Å². The summed E-state index contributed by atoms with van der Waals surface area (Å²) in [5.41, 5.74) is 1.06. The van der Waals surface area contributed by atoms with Gasteiger partial charge in [-0.25, -0.2) is 0 Å². The molecule has 2 rings (SSSR count). The number of methoxy groups -OCH3 is 1. The first-order chi connectivity index (χ1) is 10.7. The number of hydrogen-bond acceptors (Lipinski definition) is 6.